The first-order valence-electron chi connectivity index (χ1n) is 11.2. The third kappa shape index (κ3) is 4.22. The largest absolute Gasteiger partial charge is 0.355 e. The molecule has 0 aliphatic carbocycles. The van der Waals surface area contributed by atoms with Crippen LogP contribution >= 0.6 is 24.0 Å². The van der Waals surface area contributed by atoms with Gasteiger partial charge in [-0.2, -0.15) is 0 Å². The van der Waals surface area contributed by atoms with Crippen LogP contribution in [-0.4, -0.2) is 43.6 Å². The number of nitrogens with zero attached hydrogens (tertiary/aromatic N) is 4. The zero-order valence-corrected chi connectivity index (χ0v) is 20.9. The van der Waals surface area contributed by atoms with Gasteiger partial charge < -0.3 is 4.90 Å². The van der Waals surface area contributed by atoms with Crippen molar-refractivity contribution in [2.45, 2.75) is 53.5 Å². The molecule has 0 aromatic carbocycles. The Bertz CT molecular complexity index is 1160. The molecule has 4 heterocycles. The number of carbonyl (C=O) groups is 1. The van der Waals surface area contributed by atoms with E-state index in [-0.39, 0.29) is 17.5 Å². The number of thiocarbonyl (C=S) groups is 1. The van der Waals surface area contributed by atoms with Crippen LogP contribution in [0.15, 0.2) is 28.0 Å². The Morgan fingerprint density at radius 2 is 1.94 bits per heavy atom. The molecule has 170 valence electrons. The Labute approximate surface area is 198 Å². The number of amides is 1. The maximum absolute atomic E-state index is 13.6. The summed E-state index contributed by atoms with van der Waals surface area (Å²) in [6, 6.07) is 3.86. The molecule has 0 N–H and O–H groups in total. The number of anilines is 1. The van der Waals surface area contributed by atoms with Crippen molar-refractivity contribution < 1.29 is 4.79 Å². The second kappa shape index (κ2) is 8.98. The zero-order valence-electron chi connectivity index (χ0n) is 19.3. The summed E-state index contributed by atoms with van der Waals surface area (Å²) in [5.74, 6) is 1.54. The lowest BCUT2D eigenvalue weighted by atomic mass is 9.91. The van der Waals surface area contributed by atoms with Gasteiger partial charge in [-0.1, -0.05) is 50.8 Å². The van der Waals surface area contributed by atoms with Gasteiger partial charge in [0.05, 0.1) is 10.5 Å². The second-order valence-electron chi connectivity index (χ2n) is 9.25. The fourth-order valence-electron chi connectivity index (χ4n) is 4.62. The van der Waals surface area contributed by atoms with E-state index in [2.05, 4.69) is 18.7 Å². The number of aromatic nitrogens is 2. The molecular weight excluding hydrogens is 440 g/mol. The second-order valence-corrected chi connectivity index (χ2v) is 10.9. The quantitative estimate of drug-likeness (QED) is 0.485. The molecular formula is C24H30N4O2S2. The average molecular weight is 471 g/mol. The lowest BCUT2D eigenvalue weighted by Crippen LogP contribution is -2.40. The summed E-state index contributed by atoms with van der Waals surface area (Å²) in [5.41, 5.74) is 1.89. The summed E-state index contributed by atoms with van der Waals surface area (Å²) >= 11 is 6.76. The molecule has 4 rings (SSSR count). The van der Waals surface area contributed by atoms with Crippen molar-refractivity contribution in [3.05, 3.63) is 44.7 Å². The maximum Gasteiger partial charge on any atom is 0.267 e. The Hall–Kier alpha value is -2.19. The number of thioether (sulfide) groups is 1. The third-order valence-corrected chi connectivity index (χ3v) is 7.61. The summed E-state index contributed by atoms with van der Waals surface area (Å²) in [7, 11) is 0. The molecule has 2 aliphatic rings. The Balaban J connectivity index is 1.88. The van der Waals surface area contributed by atoms with Crippen molar-refractivity contribution in [1.82, 2.24) is 14.3 Å². The van der Waals surface area contributed by atoms with E-state index < -0.39 is 0 Å². The first-order chi connectivity index (χ1) is 15.2. The van der Waals surface area contributed by atoms with Crippen molar-refractivity contribution in [2.24, 2.45) is 11.8 Å². The molecule has 2 aromatic rings. The molecule has 3 atom stereocenters. The van der Waals surface area contributed by atoms with Crippen LogP contribution < -0.4 is 10.5 Å². The summed E-state index contributed by atoms with van der Waals surface area (Å²) in [4.78, 5) is 36.0. The van der Waals surface area contributed by atoms with Crippen molar-refractivity contribution in [3.63, 3.8) is 0 Å². The molecule has 2 aliphatic heterocycles. The number of rotatable bonds is 4. The number of pyridine rings is 1. The highest BCUT2D eigenvalue weighted by Gasteiger charge is 2.35. The normalized spacial score (nSPS) is 24.1. The minimum atomic E-state index is -0.159. The van der Waals surface area contributed by atoms with Gasteiger partial charge in [0.2, 0.25) is 0 Å². The van der Waals surface area contributed by atoms with Crippen LogP contribution in [0, 0.1) is 18.8 Å². The smallest absolute Gasteiger partial charge is 0.267 e. The van der Waals surface area contributed by atoms with Crippen LogP contribution in [0.2, 0.25) is 0 Å². The van der Waals surface area contributed by atoms with E-state index >= 15 is 0 Å². The summed E-state index contributed by atoms with van der Waals surface area (Å²) in [6.45, 7) is 12.1. The molecule has 2 aromatic heterocycles. The summed E-state index contributed by atoms with van der Waals surface area (Å²) in [5, 5.41) is 0. The first kappa shape index (κ1) is 23.0. The number of fused-ring (bicyclic) bond motifs is 1. The van der Waals surface area contributed by atoms with Gasteiger partial charge in [-0.15, -0.1) is 0 Å². The monoisotopic (exact) mass is 470 g/mol. The minimum absolute atomic E-state index is 0.0233. The highest BCUT2D eigenvalue weighted by molar-refractivity contribution is 8.26. The Morgan fingerprint density at radius 1 is 1.25 bits per heavy atom. The van der Waals surface area contributed by atoms with Gasteiger partial charge in [-0.3, -0.25) is 18.9 Å². The lowest BCUT2D eigenvalue weighted by Gasteiger charge is -2.36. The van der Waals surface area contributed by atoms with Crippen LogP contribution in [0.1, 0.15) is 51.7 Å². The average Bonchev–Trinajstić information content (AvgIpc) is 3.02. The van der Waals surface area contributed by atoms with Gasteiger partial charge in [0.15, 0.2) is 0 Å². The van der Waals surface area contributed by atoms with Gasteiger partial charge in [0.25, 0.3) is 11.5 Å². The van der Waals surface area contributed by atoms with Crippen molar-refractivity contribution >= 4 is 51.7 Å². The highest BCUT2D eigenvalue weighted by atomic mass is 32.2. The van der Waals surface area contributed by atoms with Crippen LogP contribution in [0.25, 0.3) is 11.7 Å². The molecule has 2 saturated heterocycles. The maximum atomic E-state index is 13.6. The molecule has 0 saturated carbocycles. The molecule has 6 nitrogen and oxygen atoms in total. The molecule has 0 spiro atoms. The van der Waals surface area contributed by atoms with E-state index in [1.807, 2.05) is 32.9 Å². The Kier molecular flexibility index (Phi) is 6.45. The van der Waals surface area contributed by atoms with Gasteiger partial charge in [-0.05, 0) is 56.2 Å². The lowest BCUT2D eigenvalue weighted by molar-refractivity contribution is -0.123. The predicted octanol–water partition coefficient (Wildman–Crippen LogP) is 4.48. The van der Waals surface area contributed by atoms with E-state index in [0.29, 0.717) is 38.1 Å². The molecule has 2 fully saturated rings. The number of hydrogen-bond acceptors (Lipinski definition) is 6. The van der Waals surface area contributed by atoms with E-state index in [1.54, 1.807) is 21.6 Å². The molecule has 1 amide bonds. The molecule has 0 bridgehead atoms. The minimum Gasteiger partial charge on any atom is -0.355 e. The zero-order chi connectivity index (χ0) is 23.2. The van der Waals surface area contributed by atoms with Crippen LogP contribution in [-0.2, 0) is 4.79 Å². The van der Waals surface area contributed by atoms with Crippen molar-refractivity contribution in [1.29, 1.82) is 0 Å². The van der Waals surface area contributed by atoms with Gasteiger partial charge in [-0.25, -0.2) is 4.98 Å². The van der Waals surface area contributed by atoms with Crippen LogP contribution in [0.3, 0.4) is 0 Å². The van der Waals surface area contributed by atoms with Gasteiger partial charge in [0, 0.05) is 25.3 Å². The third-order valence-electron chi connectivity index (χ3n) is 6.28. The van der Waals surface area contributed by atoms with Crippen LogP contribution in [0.5, 0.6) is 0 Å². The number of carbonyl (C=O) groups excluding carboxylic acids is 1. The fourth-order valence-corrected chi connectivity index (χ4v) is 6.07. The van der Waals surface area contributed by atoms with E-state index in [4.69, 9.17) is 17.2 Å². The molecule has 8 heteroatoms. The van der Waals surface area contributed by atoms with E-state index in [9.17, 15) is 9.59 Å². The van der Waals surface area contributed by atoms with E-state index in [0.717, 1.165) is 31.5 Å². The van der Waals surface area contributed by atoms with E-state index in [1.165, 1.54) is 11.8 Å². The molecule has 0 radical (unpaired) electrons. The van der Waals surface area contributed by atoms with Crippen molar-refractivity contribution in [2.75, 3.05) is 18.0 Å². The first-order valence-corrected chi connectivity index (χ1v) is 12.5. The fraction of sp³-hybridized carbons (Fsp3) is 0.500. The summed E-state index contributed by atoms with van der Waals surface area (Å²) in [6.07, 6.45) is 5.49. The SMILES string of the molecule is CCC(C)N1C(=O)/C(=C\c2c(N3CC(C)CC(C)C3)nc3ccc(C)cn3c2=O)SC1=S. The molecule has 32 heavy (non-hydrogen) atoms. The predicted molar refractivity (Wildman–Crippen MR) is 136 cm³/mol. The molecule has 3 unspecified atom stereocenters. The Morgan fingerprint density at radius 3 is 2.59 bits per heavy atom. The number of piperidine rings is 1. The number of hydrogen-bond donors (Lipinski definition) is 0. The standard InChI is InChI=1S/C24H30N4O2S2/c1-6-17(5)28-23(30)19(32-24(28)31)10-18-21(26-11-15(3)9-16(4)12-26)25-20-8-7-14(2)13-27(20)22(18)29/h7-8,10,13,15-17H,6,9,11-12H2,1-5H3/b19-10+. The van der Waals surface area contributed by atoms with Crippen LogP contribution in [0.4, 0.5) is 5.82 Å². The highest BCUT2D eigenvalue weighted by Crippen LogP contribution is 2.36. The van der Waals surface area contributed by atoms with Crippen molar-refractivity contribution in [3.8, 4) is 0 Å². The summed E-state index contributed by atoms with van der Waals surface area (Å²) < 4.78 is 2.12. The van der Waals surface area contributed by atoms with Gasteiger partial charge in [0.1, 0.15) is 15.8 Å². The topological polar surface area (TPSA) is 57.9 Å². The van der Waals surface area contributed by atoms with Gasteiger partial charge >= 0.3 is 0 Å². The number of aryl methyl sites for hydroxylation is 1.